The van der Waals surface area contributed by atoms with Crippen LogP contribution in [0.1, 0.15) is 18.9 Å². The first-order valence-corrected chi connectivity index (χ1v) is 5.99. The van der Waals surface area contributed by atoms with E-state index in [2.05, 4.69) is 20.7 Å². The highest BCUT2D eigenvalue weighted by Gasteiger charge is 2.29. The Morgan fingerprint density at radius 2 is 2.22 bits per heavy atom. The molecule has 4 N–H and O–H groups in total. The van der Waals surface area contributed by atoms with Crippen molar-refractivity contribution in [3.8, 4) is 0 Å². The number of anilines is 2. The number of hydrogen-bond acceptors (Lipinski definition) is 6. The van der Waals surface area contributed by atoms with E-state index < -0.39 is 0 Å². The van der Waals surface area contributed by atoms with Crippen molar-refractivity contribution >= 4 is 17.5 Å². The molecule has 1 saturated heterocycles. The molecule has 0 aromatic carbocycles. The number of nitrogens with two attached hydrogens (primary N) is 1. The molecule has 1 aromatic rings. The van der Waals surface area contributed by atoms with Crippen LogP contribution in [-0.2, 0) is 11.2 Å². The van der Waals surface area contributed by atoms with Crippen molar-refractivity contribution < 1.29 is 4.79 Å². The lowest BCUT2D eigenvalue weighted by Gasteiger charge is -2.16. The molecule has 1 amide bonds. The molecule has 18 heavy (non-hydrogen) atoms. The van der Waals surface area contributed by atoms with Gasteiger partial charge in [-0.1, -0.05) is 6.92 Å². The molecule has 1 aromatic heterocycles. The third-order valence-electron chi connectivity index (χ3n) is 3.17. The molecule has 0 radical (unpaired) electrons. The summed E-state index contributed by atoms with van der Waals surface area (Å²) in [6.07, 6.45) is 2.95. The Morgan fingerprint density at radius 3 is 2.78 bits per heavy atom. The number of nitrogen functional groups attached to an aromatic ring is 1. The maximum absolute atomic E-state index is 11.8. The molecule has 7 heteroatoms. The second kappa shape index (κ2) is 5.18. The molecule has 1 aliphatic heterocycles. The zero-order valence-corrected chi connectivity index (χ0v) is 10.6. The van der Waals surface area contributed by atoms with Crippen molar-refractivity contribution in [2.24, 2.45) is 5.84 Å². The van der Waals surface area contributed by atoms with Gasteiger partial charge in [-0.25, -0.2) is 15.8 Å². The van der Waals surface area contributed by atoms with Crippen LogP contribution < -0.4 is 16.6 Å². The number of likely N-dealkylation sites (tertiary alicyclic amines) is 1. The van der Waals surface area contributed by atoms with Crippen LogP contribution in [0, 0.1) is 0 Å². The maximum Gasteiger partial charge on any atom is 0.244 e. The first-order valence-electron chi connectivity index (χ1n) is 5.99. The molecule has 0 bridgehead atoms. The maximum atomic E-state index is 11.8. The standard InChI is InChI=1S/C11H18N6O/c1-3-7-9(13-6-14-10(7)16-12)15-8-4-5-17(2)11(8)18/h6,8H,3-5,12H2,1-2H3,(H2,13,14,15,16). The van der Waals surface area contributed by atoms with Gasteiger partial charge >= 0.3 is 0 Å². The predicted molar refractivity (Wildman–Crippen MR) is 68.9 cm³/mol. The predicted octanol–water partition coefficient (Wildman–Crippen LogP) is -0.0328. The second-order valence-corrected chi connectivity index (χ2v) is 4.29. The molecule has 0 saturated carbocycles. The average molecular weight is 250 g/mol. The van der Waals surface area contributed by atoms with Crippen LogP contribution >= 0.6 is 0 Å². The molecule has 98 valence electrons. The van der Waals surface area contributed by atoms with Crippen molar-refractivity contribution in [1.29, 1.82) is 0 Å². The third kappa shape index (κ3) is 2.21. The van der Waals surface area contributed by atoms with E-state index in [4.69, 9.17) is 5.84 Å². The number of hydrogen-bond donors (Lipinski definition) is 3. The van der Waals surface area contributed by atoms with Gasteiger partial charge < -0.3 is 15.6 Å². The van der Waals surface area contributed by atoms with Crippen LogP contribution in [0.5, 0.6) is 0 Å². The average Bonchev–Trinajstić information content (AvgIpc) is 2.70. The minimum Gasteiger partial charge on any atom is -0.358 e. The fraction of sp³-hybridized carbons (Fsp3) is 0.545. The van der Waals surface area contributed by atoms with Gasteiger partial charge in [0.1, 0.15) is 24.0 Å². The minimum absolute atomic E-state index is 0.0953. The number of aromatic nitrogens is 2. The number of likely N-dealkylation sites (N-methyl/N-ethyl adjacent to an activating group) is 1. The van der Waals surface area contributed by atoms with E-state index in [-0.39, 0.29) is 11.9 Å². The Hall–Kier alpha value is -1.89. The molecule has 1 unspecified atom stereocenters. The lowest BCUT2D eigenvalue weighted by atomic mass is 10.2. The van der Waals surface area contributed by atoms with Gasteiger partial charge in [0.15, 0.2) is 0 Å². The van der Waals surface area contributed by atoms with E-state index in [0.29, 0.717) is 11.6 Å². The lowest BCUT2D eigenvalue weighted by molar-refractivity contribution is -0.127. The summed E-state index contributed by atoms with van der Waals surface area (Å²) in [6, 6.07) is -0.208. The highest BCUT2D eigenvalue weighted by atomic mass is 16.2. The van der Waals surface area contributed by atoms with Crippen molar-refractivity contribution in [2.75, 3.05) is 24.3 Å². The van der Waals surface area contributed by atoms with Crippen LogP contribution in [-0.4, -0.2) is 40.4 Å². The molecule has 1 aliphatic rings. The summed E-state index contributed by atoms with van der Waals surface area (Å²) in [6.45, 7) is 2.76. The van der Waals surface area contributed by atoms with E-state index in [9.17, 15) is 4.79 Å². The fourth-order valence-corrected chi connectivity index (χ4v) is 2.12. The number of nitrogens with zero attached hydrogens (tertiary/aromatic N) is 3. The van der Waals surface area contributed by atoms with Gasteiger partial charge in [0.2, 0.25) is 5.91 Å². The Kier molecular flexibility index (Phi) is 3.61. The Labute approximate surface area is 106 Å². The van der Waals surface area contributed by atoms with Gasteiger partial charge in [0.25, 0.3) is 0 Å². The van der Waals surface area contributed by atoms with Crippen LogP contribution in [0.2, 0.25) is 0 Å². The third-order valence-corrected chi connectivity index (χ3v) is 3.17. The van der Waals surface area contributed by atoms with Crippen LogP contribution in [0.25, 0.3) is 0 Å². The van der Waals surface area contributed by atoms with Crippen molar-refractivity contribution in [3.05, 3.63) is 11.9 Å². The summed E-state index contributed by atoms with van der Waals surface area (Å²) in [7, 11) is 1.80. The van der Waals surface area contributed by atoms with E-state index in [1.807, 2.05) is 6.92 Å². The van der Waals surface area contributed by atoms with Crippen molar-refractivity contribution in [1.82, 2.24) is 14.9 Å². The molecular formula is C11H18N6O. The SMILES string of the molecule is CCc1c(NN)ncnc1NC1CCN(C)C1=O. The summed E-state index contributed by atoms with van der Waals surface area (Å²) >= 11 is 0. The Balaban J connectivity index is 2.21. The number of rotatable bonds is 4. The minimum atomic E-state index is -0.208. The monoisotopic (exact) mass is 250 g/mol. The number of amides is 1. The Bertz CT molecular complexity index is 449. The van der Waals surface area contributed by atoms with Crippen LogP contribution in [0.3, 0.4) is 0 Å². The molecule has 7 nitrogen and oxygen atoms in total. The Morgan fingerprint density at radius 1 is 1.50 bits per heavy atom. The molecule has 2 heterocycles. The largest absolute Gasteiger partial charge is 0.358 e. The highest BCUT2D eigenvalue weighted by Crippen LogP contribution is 2.22. The summed E-state index contributed by atoms with van der Waals surface area (Å²) in [5.41, 5.74) is 3.44. The number of nitrogens with one attached hydrogen (secondary N) is 2. The first-order chi connectivity index (χ1) is 8.67. The van der Waals surface area contributed by atoms with Gasteiger partial charge in [-0.3, -0.25) is 4.79 Å². The fourth-order valence-electron chi connectivity index (χ4n) is 2.12. The van der Waals surface area contributed by atoms with Gasteiger partial charge in [0.05, 0.1) is 0 Å². The number of carbonyl (C=O) groups is 1. The van der Waals surface area contributed by atoms with Crippen LogP contribution in [0.4, 0.5) is 11.6 Å². The summed E-state index contributed by atoms with van der Waals surface area (Å²) < 4.78 is 0. The smallest absolute Gasteiger partial charge is 0.244 e. The van der Waals surface area contributed by atoms with Crippen LogP contribution in [0.15, 0.2) is 6.33 Å². The zero-order chi connectivity index (χ0) is 13.1. The van der Waals surface area contributed by atoms with Crippen molar-refractivity contribution in [2.45, 2.75) is 25.8 Å². The summed E-state index contributed by atoms with van der Waals surface area (Å²) in [5.74, 6) is 6.77. The topological polar surface area (TPSA) is 96.2 Å². The van der Waals surface area contributed by atoms with E-state index in [0.717, 1.165) is 24.9 Å². The summed E-state index contributed by atoms with van der Waals surface area (Å²) in [5, 5.41) is 3.18. The van der Waals surface area contributed by atoms with E-state index in [1.165, 1.54) is 6.33 Å². The van der Waals surface area contributed by atoms with E-state index in [1.54, 1.807) is 11.9 Å². The lowest BCUT2D eigenvalue weighted by Crippen LogP contribution is -2.31. The molecular weight excluding hydrogens is 232 g/mol. The normalized spacial score (nSPS) is 19.2. The van der Waals surface area contributed by atoms with Gasteiger partial charge in [-0.05, 0) is 12.8 Å². The zero-order valence-electron chi connectivity index (χ0n) is 10.6. The quantitative estimate of drug-likeness (QED) is 0.513. The molecule has 0 aliphatic carbocycles. The molecule has 1 atom stereocenters. The second-order valence-electron chi connectivity index (χ2n) is 4.29. The molecule has 0 spiro atoms. The first kappa shape index (κ1) is 12.6. The van der Waals surface area contributed by atoms with Crippen molar-refractivity contribution in [3.63, 3.8) is 0 Å². The van der Waals surface area contributed by atoms with Gasteiger partial charge in [-0.2, -0.15) is 0 Å². The number of hydrazine groups is 1. The highest BCUT2D eigenvalue weighted by molar-refractivity contribution is 5.86. The van der Waals surface area contributed by atoms with E-state index >= 15 is 0 Å². The van der Waals surface area contributed by atoms with Gasteiger partial charge in [0, 0.05) is 19.2 Å². The summed E-state index contributed by atoms with van der Waals surface area (Å²) in [4.78, 5) is 21.8. The molecule has 1 fully saturated rings. The van der Waals surface area contributed by atoms with Gasteiger partial charge in [-0.15, -0.1) is 0 Å². The number of carbonyl (C=O) groups excluding carboxylic acids is 1. The molecule has 2 rings (SSSR count).